The summed E-state index contributed by atoms with van der Waals surface area (Å²) >= 11 is 5.84. The quantitative estimate of drug-likeness (QED) is 0.451. The fourth-order valence-corrected chi connectivity index (χ4v) is 2.16. The van der Waals surface area contributed by atoms with Crippen LogP contribution in [0.2, 0.25) is 5.15 Å². The number of halogens is 1. The van der Waals surface area contributed by atoms with Crippen molar-refractivity contribution in [1.29, 1.82) is 0 Å². The second kappa shape index (κ2) is 6.89. The van der Waals surface area contributed by atoms with Gasteiger partial charge < -0.3 is 4.42 Å². The molecule has 1 aromatic carbocycles. The van der Waals surface area contributed by atoms with E-state index in [1.165, 1.54) is 12.4 Å². The molecule has 0 aliphatic carbocycles. The van der Waals surface area contributed by atoms with Gasteiger partial charge in [-0.05, 0) is 24.3 Å². The normalized spacial score (nSPS) is 10.8. The van der Waals surface area contributed by atoms with Gasteiger partial charge in [0.15, 0.2) is 0 Å². The summed E-state index contributed by atoms with van der Waals surface area (Å²) in [5, 5.41) is 3.99. The molecule has 2 heterocycles. The van der Waals surface area contributed by atoms with E-state index in [4.69, 9.17) is 16.0 Å². The first kappa shape index (κ1) is 15.0. The van der Waals surface area contributed by atoms with Crippen LogP contribution in [0.5, 0.6) is 0 Å². The highest BCUT2D eigenvalue weighted by Crippen LogP contribution is 2.20. The number of carbonyl (C=O) groups is 1. The third kappa shape index (κ3) is 3.64. The molecule has 1 N–H and O–H groups in total. The van der Waals surface area contributed by atoms with Gasteiger partial charge in [0.2, 0.25) is 0 Å². The Morgan fingerprint density at radius 3 is 2.74 bits per heavy atom. The monoisotopic (exact) mass is 325 g/mol. The van der Waals surface area contributed by atoms with E-state index in [1.54, 1.807) is 18.2 Å². The van der Waals surface area contributed by atoms with Crippen molar-refractivity contribution in [2.45, 2.75) is 0 Å². The van der Waals surface area contributed by atoms with Crippen LogP contribution in [0, 0.1) is 0 Å². The molecule has 5 nitrogen and oxygen atoms in total. The molecule has 6 heteroatoms. The van der Waals surface area contributed by atoms with E-state index in [9.17, 15) is 4.79 Å². The van der Waals surface area contributed by atoms with Crippen molar-refractivity contribution in [2.24, 2.45) is 5.10 Å². The fourth-order valence-electron chi connectivity index (χ4n) is 1.95. The standard InChI is InChI=1S/C17H12ClN3O2/c18-16-14(7-4-10-19-16)17(22)21-20-11-13-8-9-15(23-13)12-5-2-1-3-6-12/h1-11H,(H,21,22). The van der Waals surface area contributed by atoms with Gasteiger partial charge in [0, 0.05) is 11.8 Å². The lowest BCUT2D eigenvalue weighted by atomic mass is 10.2. The largest absolute Gasteiger partial charge is 0.455 e. The predicted octanol–water partition coefficient (Wildman–Crippen LogP) is 3.76. The average molecular weight is 326 g/mol. The van der Waals surface area contributed by atoms with Gasteiger partial charge in [-0.15, -0.1) is 0 Å². The Kier molecular flexibility index (Phi) is 4.49. The van der Waals surface area contributed by atoms with Crippen molar-refractivity contribution in [2.75, 3.05) is 0 Å². The van der Waals surface area contributed by atoms with E-state index in [1.807, 2.05) is 36.4 Å². The summed E-state index contributed by atoms with van der Waals surface area (Å²) in [4.78, 5) is 15.7. The van der Waals surface area contributed by atoms with Crippen molar-refractivity contribution >= 4 is 23.7 Å². The molecule has 0 saturated heterocycles. The van der Waals surface area contributed by atoms with Gasteiger partial charge in [0.1, 0.15) is 16.7 Å². The topological polar surface area (TPSA) is 67.5 Å². The van der Waals surface area contributed by atoms with Gasteiger partial charge in [-0.25, -0.2) is 10.4 Å². The zero-order chi connectivity index (χ0) is 16.1. The highest BCUT2D eigenvalue weighted by atomic mass is 35.5. The van der Waals surface area contributed by atoms with Crippen LogP contribution in [0.15, 0.2) is 70.3 Å². The van der Waals surface area contributed by atoms with E-state index < -0.39 is 5.91 Å². The van der Waals surface area contributed by atoms with E-state index in [0.717, 1.165) is 11.3 Å². The summed E-state index contributed by atoms with van der Waals surface area (Å²) in [6.45, 7) is 0. The van der Waals surface area contributed by atoms with E-state index in [-0.39, 0.29) is 10.7 Å². The van der Waals surface area contributed by atoms with Crippen LogP contribution < -0.4 is 5.43 Å². The molecule has 23 heavy (non-hydrogen) atoms. The Morgan fingerprint density at radius 1 is 1.13 bits per heavy atom. The molecule has 0 unspecified atom stereocenters. The lowest BCUT2D eigenvalue weighted by Crippen LogP contribution is -2.18. The SMILES string of the molecule is O=C(NN=Cc1ccc(-c2ccccc2)o1)c1cccnc1Cl. The average Bonchev–Trinajstić information content (AvgIpc) is 3.05. The summed E-state index contributed by atoms with van der Waals surface area (Å²) < 4.78 is 5.64. The smallest absolute Gasteiger partial charge is 0.274 e. The number of pyridine rings is 1. The summed E-state index contributed by atoms with van der Waals surface area (Å²) in [5.41, 5.74) is 3.61. The number of carbonyl (C=O) groups excluding carboxylic acids is 1. The molecule has 2 aromatic heterocycles. The van der Waals surface area contributed by atoms with Gasteiger partial charge in [0.25, 0.3) is 5.91 Å². The fraction of sp³-hybridized carbons (Fsp3) is 0. The molecular weight excluding hydrogens is 314 g/mol. The number of aromatic nitrogens is 1. The maximum atomic E-state index is 11.9. The molecule has 0 fully saturated rings. The van der Waals surface area contributed by atoms with E-state index in [2.05, 4.69) is 15.5 Å². The molecule has 0 bridgehead atoms. The van der Waals surface area contributed by atoms with E-state index in [0.29, 0.717) is 5.76 Å². The molecule has 0 atom stereocenters. The minimum absolute atomic E-state index is 0.129. The third-order valence-corrected chi connectivity index (χ3v) is 3.35. The van der Waals surface area contributed by atoms with Crippen LogP contribution in [0.4, 0.5) is 0 Å². The molecule has 1 amide bonds. The number of benzene rings is 1. The van der Waals surface area contributed by atoms with Crippen molar-refractivity contribution in [3.8, 4) is 11.3 Å². The lowest BCUT2D eigenvalue weighted by Gasteiger charge is -2.00. The zero-order valence-corrected chi connectivity index (χ0v) is 12.7. The van der Waals surface area contributed by atoms with Crippen LogP contribution in [0.25, 0.3) is 11.3 Å². The zero-order valence-electron chi connectivity index (χ0n) is 11.9. The van der Waals surface area contributed by atoms with Crippen molar-refractivity contribution in [3.63, 3.8) is 0 Å². The van der Waals surface area contributed by atoms with Gasteiger partial charge in [-0.1, -0.05) is 41.9 Å². The van der Waals surface area contributed by atoms with Crippen LogP contribution in [-0.2, 0) is 0 Å². The van der Waals surface area contributed by atoms with Crippen molar-refractivity contribution < 1.29 is 9.21 Å². The number of amides is 1. The van der Waals surface area contributed by atoms with Crippen molar-refractivity contribution in [3.05, 3.63) is 77.3 Å². The lowest BCUT2D eigenvalue weighted by molar-refractivity contribution is 0.0955. The first-order valence-corrected chi connectivity index (χ1v) is 7.21. The molecule has 0 spiro atoms. The molecule has 3 rings (SSSR count). The highest BCUT2D eigenvalue weighted by Gasteiger charge is 2.09. The van der Waals surface area contributed by atoms with Gasteiger partial charge in [-0.2, -0.15) is 5.10 Å². The number of furan rings is 1. The minimum Gasteiger partial charge on any atom is -0.455 e. The van der Waals surface area contributed by atoms with Gasteiger partial charge in [0.05, 0.1) is 11.8 Å². The first-order valence-electron chi connectivity index (χ1n) is 6.83. The summed E-state index contributed by atoms with van der Waals surface area (Å²) in [6, 6.07) is 16.5. The molecule has 0 aliphatic rings. The van der Waals surface area contributed by atoms with Crippen LogP contribution in [0.3, 0.4) is 0 Å². The second-order valence-electron chi connectivity index (χ2n) is 4.61. The predicted molar refractivity (Wildman–Crippen MR) is 88.5 cm³/mol. The minimum atomic E-state index is -0.436. The van der Waals surface area contributed by atoms with E-state index >= 15 is 0 Å². The Bertz CT molecular complexity index is 844. The molecule has 0 saturated carbocycles. The molecule has 3 aromatic rings. The molecule has 0 radical (unpaired) electrons. The number of rotatable bonds is 4. The summed E-state index contributed by atoms with van der Waals surface area (Å²) in [7, 11) is 0. The Hall–Kier alpha value is -2.92. The van der Waals surface area contributed by atoms with Gasteiger partial charge in [-0.3, -0.25) is 4.79 Å². The van der Waals surface area contributed by atoms with Crippen LogP contribution in [0.1, 0.15) is 16.1 Å². The number of hydrogen-bond acceptors (Lipinski definition) is 4. The van der Waals surface area contributed by atoms with Crippen molar-refractivity contribution in [1.82, 2.24) is 10.4 Å². The first-order chi connectivity index (χ1) is 11.2. The molecular formula is C17H12ClN3O2. The molecule has 0 aliphatic heterocycles. The number of hydrazone groups is 1. The maximum Gasteiger partial charge on any atom is 0.274 e. The maximum absolute atomic E-state index is 11.9. The van der Waals surface area contributed by atoms with Gasteiger partial charge >= 0.3 is 0 Å². The van der Waals surface area contributed by atoms with Crippen LogP contribution in [-0.4, -0.2) is 17.1 Å². The second-order valence-corrected chi connectivity index (χ2v) is 4.97. The number of nitrogens with one attached hydrogen (secondary N) is 1. The summed E-state index contributed by atoms with van der Waals surface area (Å²) in [6.07, 6.45) is 2.94. The summed E-state index contributed by atoms with van der Waals surface area (Å²) in [5.74, 6) is 0.823. The number of nitrogens with zero attached hydrogens (tertiary/aromatic N) is 2. The highest BCUT2D eigenvalue weighted by molar-refractivity contribution is 6.32. The Labute approximate surface area is 137 Å². The molecule has 114 valence electrons. The Balaban J connectivity index is 1.66. The number of hydrogen-bond donors (Lipinski definition) is 1. The third-order valence-electron chi connectivity index (χ3n) is 3.05. The van der Waals surface area contributed by atoms with Crippen LogP contribution >= 0.6 is 11.6 Å². The Morgan fingerprint density at radius 2 is 1.96 bits per heavy atom.